The molecule has 0 radical (unpaired) electrons. The molecule has 0 unspecified atom stereocenters. The van der Waals surface area contributed by atoms with Crippen molar-refractivity contribution in [2.75, 3.05) is 13.6 Å². The highest BCUT2D eigenvalue weighted by Crippen LogP contribution is 2.27. The monoisotopic (exact) mass is 242 g/mol. The Labute approximate surface area is 107 Å². The first-order valence-electron chi connectivity index (χ1n) is 6.57. The molecule has 1 amide bonds. The molecule has 1 aliphatic carbocycles. The standard InChI is InChI=1S/C15H18N2O/c1-17(10-11-5-4-6-11)15(18)13-9-16-14-8-3-2-7-12(13)14/h2-3,7-9,11,16H,4-6,10H2,1H3. The topological polar surface area (TPSA) is 36.1 Å². The molecule has 1 aliphatic rings. The van der Waals surface area contributed by atoms with Crippen LogP contribution in [0.4, 0.5) is 0 Å². The number of benzene rings is 1. The summed E-state index contributed by atoms with van der Waals surface area (Å²) >= 11 is 0. The Bertz CT molecular complexity index is 569. The number of carbonyl (C=O) groups excluding carboxylic acids is 1. The molecule has 2 aromatic rings. The van der Waals surface area contributed by atoms with Crippen molar-refractivity contribution in [2.45, 2.75) is 19.3 Å². The molecule has 0 aliphatic heterocycles. The number of aromatic nitrogens is 1. The Morgan fingerprint density at radius 3 is 2.89 bits per heavy atom. The number of nitrogens with one attached hydrogen (secondary N) is 1. The fraction of sp³-hybridized carbons (Fsp3) is 0.400. The van der Waals surface area contributed by atoms with Gasteiger partial charge < -0.3 is 9.88 Å². The van der Waals surface area contributed by atoms with Crippen molar-refractivity contribution in [3.05, 3.63) is 36.0 Å². The number of rotatable bonds is 3. The number of amides is 1. The van der Waals surface area contributed by atoms with E-state index in [0.717, 1.165) is 23.0 Å². The van der Waals surface area contributed by atoms with Crippen LogP contribution in [0, 0.1) is 5.92 Å². The lowest BCUT2D eigenvalue weighted by Crippen LogP contribution is -2.34. The van der Waals surface area contributed by atoms with Crippen molar-refractivity contribution in [3.63, 3.8) is 0 Å². The van der Waals surface area contributed by atoms with Gasteiger partial charge in [-0.1, -0.05) is 24.6 Å². The second kappa shape index (κ2) is 4.48. The molecule has 0 saturated heterocycles. The minimum atomic E-state index is 0.124. The predicted molar refractivity (Wildman–Crippen MR) is 72.6 cm³/mol. The van der Waals surface area contributed by atoms with Crippen LogP contribution in [0.3, 0.4) is 0 Å². The van der Waals surface area contributed by atoms with Crippen molar-refractivity contribution >= 4 is 16.8 Å². The number of H-pyrrole nitrogens is 1. The van der Waals surface area contributed by atoms with Gasteiger partial charge in [-0.05, 0) is 24.8 Å². The maximum atomic E-state index is 12.4. The van der Waals surface area contributed by atoms with Crippen LogP contribution in [-0.4, -0.2) is 29.4 Å². The lowest BCUT2D eigenvalue weighted by molar-refractivity contribution is 0.0747. The number of carbonyl (C=O) groups is 1. The van der Waals surface area contributed by atoms with Gasteiger partial charge in [0.05, 0.1) is 5.56 Å². The SMILES string of the molecule is CN(CC1CCC1)C(=O)c1c[nH]c2ccccc12. The third kappa shape index (κ3) is 1.90. The van der Waals surface area contributed by atoms with Crippen LogP contribution in [0.1, 0.15) is 29.6 Å². The fourth-order valence-electron chi connectivity index (χ4n) is 2.60. The predicted octanol–water partition coefficient (Wildman–Crippen LogP) is 3.04. The summed E-state index contributed by atoms with van der Waals surface area (Å²) in [5.41, 5.74) is 1.81. The third-order valence-corrected chi connectivity index (χ3v) is 3.92. The summed E-state index contributed by atoms with van der Waals surface area (Å²) in [7, 11) is 1.91. The zero-order valence-electron chi connectivity index (χ0n) is 10.6. The first-order valence-corrected chi connectivity index (χ1v) is 6.57. The molecule has 1 aromatic carbocycles. The van der Waals surface area contributed by atoms with E-state index in [0.29, 0.717) is 5.92 Å². The minimum Gasteiger partial charge on any atom is -0.360 e. The van der Waals surface area contributed by atoms with E-state index < -0.39 is 0 Å². The van der Waals surface area contributed by atoms with Crippen molar-refractivity contribution in [3.8, 4) is 0 Å². The molecule has 0 atom stereocenters. The molecular formula is C15H18N2O. The van der Waals surface area contributed by atoms with E-state index in [4.69, 9.17) is 0 Å². The Morgan fingerprint density at radius 1 is 1.39 bits per heavy atom. The molecule has 18 heavy (non-hydrogen) atoms. The smallest absolute Gasteiger partial charge is 0.255 e. The van der Waals surface area contributed by atoms with Crippen molar-refractivity contribution in [1.82, 2.24) is 9.88 Å². The van der Waals surface area contributed by atoms with Gasteiger partial charge in [0.25, 0.3) is 5.91 Å². The number of para-hydroxylation sites is 1. The first kappa shape index (κ1) is 11.3. The lowest BCUT2D eigenvalue weighted by Gasteiger charge is -2.30. The maximum Gasteiger partial charge on any atom is 0.255 e. The summed E-state index contributed by atoms with van der Waals surface area (Å²) in [5.74, 6) is 0.837. The fourth-order valence-corrected chi connectivity index (χ4v) is 2.60. The van der Waals surface area contributed by atoms with E-state index >= 15 is 0 Å². The largest absolute Gasteiger partial charge is 0.360 e. The highest BCUT2D eigenvalue weighted by molar-refractivity contribution is 6.06. The quantitative estimate of drug-likeness (QED) is 0.882. The summed E-state index contributed by atoms with van der Waals surface area (Å²) < 4.78 is 0. The van der Waals surface area contributed by atoms with Gasteiger partial charge in [-0.2, -0.15) is 0 Å². The molecule has 1 aromatic heterocycles. The van der Waals surface area contributed by atoms with Crippen molar-refractivity contribution < 1.29 is 4.79 Å². The van der Waals surface area contributed by atoms with E-state index in [2.05, 4.69) is 4.98 Å². The van der Waals surface area contributed by atoms with Gasteiger partial charge in [-0.25, -0.2) is 0 Å². The molecule has 1 fully saturated rings. The number of aromatic amines is 1. The average molecular weight is 242 g/mol. The molecule has 0 spiro atoms. The summed E-state index contributed by atoms with van der Waals surface area (Å²) in [6.07, 6.45) is 5.68. The van der Waals surface area contributed by atoms with Crippen LogP contribution in [-0.2, 0) is 0 Å². The maximum absolute atomic E-state index is 12.4. The Morgan fingerprint density at radius 2 is 2.17 bits per heavy atom. The van der Waals surface area contributed by atoms with E-state index in [1.54, 1.807) is 0 Å². The van der Waals surface area contributed by atoms with Crippen LogP contribution >= 0.6 is 0 Å². The molecule has 3 rings (SSSR count). The van der Waals surface area contributed by atoms with Gasteiger partial charge in [0, 0.05) is 30.7 Å². The van der Waals surface area contributed by atoms with Crippen LogP contribution in [0.5, 0.6) is 0 Å². The average Bonchev–Trinajstić information content (AvgIpc) is 2.76. The van der Waals surface area contributed by atoms with Crippen LogP contribution in [0.2, 0.25) is 0 Å². The first-order chi connectivity index (χ1) is 8.75. The number of fused-ring (bicyclic) bond motifs is 1. The van der Waals surface area contributed by atoms with Gasteiger partial charge in [-0.3, -0.25) is 4.79 Å². The van der Waals surface area contributed by atoms with Crippen LogP contribution in [0.25, 0.3) is 10.9 Å². The summed E-state index contributed by atoms with van der Waals surface area (Å²) in [4.78, 5) is 17.4. The van der Waals surface area contributed by atoms with Gasteiger partial charge >= 0.3 is 0 Å². The Hall–Kier alpha value is -1.77. The number of hydrogen-bond donors (Lipinski definition) is 1. The van der Waals surface area contributed by atoms with Crippen molar-refractivity contribution in [2.24, 2.45) is 5.92 Å². The van der Waals surface area contributed by atoms with E-state index in [-0.39, 0.29) is 5.91 Å². The number of nitrogens with zero attached hydrogens (tertiary/aromatic N) is 1. The van der Waals surface area contributed by atoms with Crippen LogP contribution < -0.4 is 0 Å². The normalized spacial score (nSPS) is 15.6. The van der Waals surface area contributed by atoms with Gasteiger partial charge in [0.15, 0.2) is 0 Å². The Balaban J connectivity index is 1.82. The van der Waals surface area contributed by atoms with Gasteiger partial charge in [-0.15, -0.1) is 0 Å². The summed E-state index contributed by atoms with van der Waals surface area (Å²) in [5, 5.41) is 1.02. The zero-order chi connectivity index (χ0) is 12.5. The molecule has 1 heterocycles. The van der Waals surface area contributed by atoms with Gasteiger partial charge in [0.1, 0.15) is 0 Å². The molecule has 0 bridgehead atoms. The second-order valence-corrected chi connectivity index (χ2v) is 5.23. The van der Waals surface area contributed by atoms with E-state index in [9.17, 15) is 4.79 Å². The van der Waals surface area contributed by atoms with E-state index in [1.165, 1.54) is 19.3 Å². The summed E-state index contributed by atoms with van der Waals surface area (Å²) in [6, 6.07) is 7.94. The molecule has 3 heteroatoms. The van der Waals surface area contributed by atoms with Crippen LogP contribution in [0.15, 0.2) is 30.5 Å². The molecule has 1 saturated carbocycles. The highest BCUT2D eigenvalue weighted by Gasteiger charge is 2.23. The second-order valence-electron chi connectivity index (χ2n) is 5.23. The molecular weight excluding hydrogens is 224 g/mol. The van der Waals surface area contributed by atoms with E-state index in [1.807, 2.05) is 42.4 Å². The molecule has 94 valence electrons. The lowest BCUT2D eigenvalue weighted by atomic mass is 9.85. The molecule has 1 N–H and O–H groups in total. The minimum absolute atomic E-state index is 0.124. The van der Waals surface area contributed by atoms with Gasteiger partial charge in [0.2, 0.25) is 0 Å². The molecule has 3 nitrogen and oxygen atoms in total. The summed E-state index contributed by atoms with van der Waals surface area (Å²) in [6.45, 7) is 0.887. The highest BCUT2D eigenvalue weighted by atomic mass is 16.2. The number of hydrogen-bond acceptors (Lipinski definition) is 1. The Kier molecular flexibility index (Phi) is 2.82. The van der Waals surface area contributed by atoms with Crippen molar-refractivity contribution in [1.29, 1.82) is 0 Å². The zero-order valence-corrected chi connectivity index (χ0v) is 10.6. The third-order valence-electron chi connectivity index (χ3n) is 3.92.